The summed E-state index contributed by atoms with van der Waals surface area (Å²) in [6.07, 6.45) is 5.94. The maximum absolute atomic E-state index is 11.8. The Balaban J connectivity index is 1.75. The normalized spacial score (nSPS) is 24.1. The van der Waals surface area contributed by atoms with Crippen LogP contribution >= 0.6 is 0 Å². The second-order valence-corrected chi connectivity index (χ2v) is 4.35. The van der Waals surface area contributed by atoms with E-state index in [4.69, 9.17) is 4.74 Å². The van der Waals surface area contributed by atoms with Crippen LogP contribution in [0.25, 0.3) is 0 Å². The molecule has 3 heteroatoms. The first-order chi connectivity index (χ1) is 6.86. The zero-order chi connectivity index (χ0) is 9.80. The van der Waals surface area contributed by atoms with Crippen LogP contribution in [0.15, 0.2) is 0 Å². The topological polar surface area (TPSA) is 29.5 Å². The highest BCUT2D eigenvalue weighted by Crippen LogP contribution is 2.28. The fourth-order valence-electron chi connectivity index (χ4n) is 2.40. The lowest BCUT2D eigenvalue weighted by molar-refractivity contribution is -0.136. The standard InChI is InChI=1S/C11H19NO2/c13-11(9-10-3-1-2-4-10)12-5-7-14-8-6-12/h10H,1-9H2. The molecule has 3 nitrogen and oxygen atoms in total. The van der Waals surface area contributed by atoms with E-state index in [1.807, 2.05) is 4.90 Å². The largest absolute Gasteiger partial charge is 0.378 e. The van der Waals surface area contributed by atoms with Crippen molar-refractivity contribution in [2.45, 2.75) is 32.1 Å². The SMILES string of the molecule is O=C(CC1CCCC1)N1CCOCC1. The highest BCUT2D eigenvalue weighted by atomic mass is 16.5. The van der Waals surface area contributed by atoms with Crippen LogP contribution in [-0.4, -0.2) is 37.1 Å². The lowest BCUT2D eigenvalue weighted by Crippen LogP contribution is -2.41. The second-order valence-electron chi connectivity index (χ2n) is 4.35. The number of rotatable bonds is 2. The summed E-state index contributed by atoms with van der Waals surface area (Å²) in [6, 6.07) is 0. The molecule has 0 aromatic heterocycles. The predicted octanol–water partition coefficient (Wildman–Crippen LogP) is 1.43. The van der Waals surface area contributed by atoms with E-state index in [1.165, 1.54) is 25.7 Å². The Hall–Kier alpha value is -0.570. The average molecular weight is 197 g/mol. The Morgan fingerprint density at radius 3 is 2.50 bits per heavy atom. The fourth-order valence-corrected chi connectivity index (χ4v) is 2.40. The van der Waals surface area contributed by atoms with E-state index in [1.54, 1.807) is 0 Å². The van der Waals surface area contributed by atoms with Gasteiger partial charge >= 0.3 is 0 Å². The van der Waals surface area contributed by atoms with Crippen molar-refractivity contribution < 1.29 is 9.53 Å². The Labute approximate surface area is 85.4 Å². The molecule has 2 rings (SSSR count). The van der Waals surface area contributed by atoms with Crippen molar-refractivity contribution >= 4 is 5.91 Å². The molecule has 1 amide bonds. The van der Waals surface area contributed by atoms with Gasteiger partial charge in [-0.25, -0.2) is 0 Å². The Bertz CT molecular complexity index is 193. The smallest absolute Gasteiger partial charge is 0.223 e. The molecule has 14 heavy (non-hydrogen) atoms. The number of nitrogens with zero attached hydrogens (tertiary/aromatic N) is 1. The first kappa shape index (κ1) is 9.97. The van der Waals surface area contributed by atoms with Crippen molar-refractivity contribution in [1.82, 2.24) is 4.90 Å². The molecule has 1 aliphatic carbocycles. The zero-order valence-corrected chi connectivity index (χ0v) is 8.71. The van der Waals surface area contributed by atoms with Gasteiger partial charge < -0.3 is 9.64 Å². The fraction of sp³-hybridized carbons (Fsp3) is 0.909. The number of amides is 1. The van der Waals surface area contributed by atoms with Crippen molar-refractivity contribution in [3.8, 4) is 0 Å². The van der Waals surface area contributed by atoms with Crippen LogP contribution in [0.3, 0.4) is 0 Å². The minimum absolute atomic E-state index is 0.347. The second kappa shape index (κ2) is 4.78. The number of ether oxygens (including phenoxy) is 1. The third-order valence-electron chi connectivity index (χ3n) is 3.30. The molecule has 0 radical (unpaired) electrons. The number of carbonyl (C=O) groups is 1. The summed E-state index contributed by atoms with van der Waals surface area (Å²) in [5.74, 6) is 1.02. The van der Waals surface area contributed by atoms with Crippen LogP contribution in [0.4, 0.5) is 0 Å². The summed E-state index contributed by atoms with van der Waals surface area (Å²) in [5, 5.41) is 0. The molecular formula is C11H19NO2. The summed E-state index contributed by atoms with van der Waals surface area (Å²) < 4.78 is 5.23. The summed E-state index contributed by atoms with van der Waals surface area (Å²) in [5.41, 5.74) is 0. The van der Waals surface area contributed by atoms with E-state index in [9.17, 15) is 4.79 Å². The first-order valence-corrected chi connectivity index (χ1v) is 5.72. The summed E-state index contributed by atoms with van der Waals surface area (Å²) >= 11 is 0. The highest BCUT2D eigenvalue weighted by Gasteiger charge is 2.22. The number of morpholine rings is 1. The lowest BCUT2D eigenvalue weighted by atomic mass is 10.0. The van der Waals surface area contributed by atoms with Crippen LogP contribution in [-0.2, 0) is 9.53 Å². The number of carbonyl (C=O) groups excluding carboxylic acids is 1. The van der Waals surface area contributed by atoms with E-state index < -0.39 is 0 Å². The first-order valence-electron chi connectivity index (χ1n) is 5.72. The van der Waals surface area contributed by atoms with Gasteiger partial charge in [0.25, 0.3) is 0 Å². The molecule has 0 atom stereocenters. The number of hydrogen-bond donors (Lipinski definition) is 0. The molecule has 1 saturated carbocycles. The van der Waals surface area contributed by atoms with Crippen molar-refractivity contribution in [2.24, 2.45) is 5.92 Å². The van der Waals surface area contributed by atoms with E-state index in [0.29, 0.717) is 11.8 Å². The van der Waals surface area contributed by atoms with Gasteiger partial charge in [-0.3, -0.25) is 4.79 Å². The van der Waals surface area contributed by atoms with Crippen LogP contribution in [0.2, 0.25) is 0 Å². The van der Waals surface area contributed by atoms with Gasteiger partial charge in [0.2, 0.25) is 5.91 Å². The maximum Gasteiger partial charge on any atom is 0.223 e. The average Bonchev–Trinajstić information content (AvgIpc) is 2.72. The van der Waals surface area contributed by atoms with Gasteiger partial charge in [0.1, 0.15) is 0 Å². The van der Waals surface area contributed by atoms with Crippen molar-refractivity contribution in [3.63, 3.8) is 0 Å². The highest BCUT2D eigenvalue weighted by molar-refractivity contribution is 5.76. The molecule has 1 aliphatic heterocycles. The van der Waals surface area contributed by atoms with Gasteiger partial charge in [0.05, 0.1) is 13.2 Å². The van der Waals surface area contributed by atoms with E-state index >= 15 is 0 Å². The maximum atomic E-state index is 11.8. The van der Waals surface area contributed by atoms with Crippen molar-refractivity contribution in [1.29, 1.82) is 0 Å². The Kier molecular flexibility index (Phi) is 3.40. The molecule has 0 aromatic carbocycles. The monoisotopic (exact) mass is 197 g/mol. The van der Waals surface area contributed by atoms with Crippen molar-refractivity contribution in [2.75, 3.05) is 26.3 Å². The summed E-state index contributed by atoms with van der Waals surface area (Å²) in [7, 11) is 0. The van der Waals surface area contributed by atoms with Gasteiger partial charge in [0.15, 0.2) is 0 Å². The molecular weight excluding hydrogens is 178 g/mol. The van der Waals surface area contributed by atoms with Crippen LogP contribution < -0.4 is 0 Å². The minimum Gasteiger partial charge on any atom is -0.378 e. The Morgan fingerprint density at radius 1 is 1.21 bits per heavy atom. The van der Waals surface area contributed by atoms with Crippen LogP contribution in [0.1, 0.15) is 32.1 Å². The molecule has 0 aromatic rings. The van der Waals surface area contributed by atoms with Crippen LogP contribution in [0.5, 0.6) is 0 Å². The molecule has 80 valence electrons. The van der Waals surface area contributed by atoms with E-state index in [2.05, 4.69) is 0 Å². The quantitative estimate of drug-likeness (QED) is 0.670. The van der Waals surface area contributed by atoms with E-state index in [0.717, 1.165) is 32.7 Å². The van der Waals surface area contributed by atoms with E-state index in [-0.39, 0.29) is 0 Å². The summed E-state index contributed by atoms with van der Waals surface area (Å²) in [4.78, 5) is 13.8. The lowest BCUT2D eigenvalue weighted by Gasteiger charge is -2.27. The minimum atomic E-state index is 0.347. The molecule has 2 fully saturated rings. The van der Waals surface area contributed by atoms with Crippen LogP contribution in [0, 0.1) is 5.92 Å². The van der Waals surface area contributed by atoms with Gasteiger partial charge in [-0.05, 0) is 18.8 Å². The van der Waals surface area contributed by atoms with Gasteiger partial charge in [-0.15, -0.1) is 0 Å². The number of hydrogen-bond acceptors (Lipinski definition) is 2. The molecule has 0 N–H and O–H groups in total. The third-order valence-corrected chi connectivity index (χ3v) is 3.30. The molecule has 2 aliphatic rings. The van der Waals surface area contributed by atoms with Crippen molar-refractivity contribution in [3.05, 3.63) is 0 Å². The predicted molar refractivity (Wildman–Crippen MR) is 54.0 cm³/mol. The molecule has 0 unspecified atom stereocenters. The summed E-state index contributed by atoms with van der Waals surface area (Å²) in [6.45, 7) is 3.03. The molecule has 0 spiro atoms. The molecule has 1 saturated heterocycles. The van der Waals surface area contributed by atoms with Gasteiger partial charge in [-0.2, -0.15) is 0 Å². The zero-order valence-electron chi connectivity index (χ0n) is 8.71. The molecule has 0 bridgehead atoms. The molecule has 1 heterocycles. The van der Waals surface area contributed by atoms with Gasteiger partial charge in [-0.1, -0.05) is 12.8 Å². The Morgan fingerprint density at radius 2 is 1.86 bits per heavy atom. The third kappa shape index (κ3) is 2.47. The van der Waals surface area contributed by atoms with Gasteiger partial charge in [0, 0.05) is 19.5 Å².